The van der Waals surface area contributed by atoms with E-state index in [0.717, 1.165) is 6.42 Å². The van der Waals surface area contributed by atoms with Gasteiger partial charge in [-0.15, -0.1) is 0 Å². The summed E-state index contributed by atoms with van der Waals surface area (Å²) < 4.78 is 5.66. The zero-order valence-electron chi connectivity index (χ0n) is 11.4. The van der Waals surface area contributed by atoms with E-state index in [9.17, 15) is 4.79 Å². The summed E-state index contributed by atoms with van der Waals surface area (Å²) >= 11 is 5.80. The zero-order chi connectivity index (χ0) is 14.6. The summed E-state index contributed by atoms with van der Waals surface area (Å²) in [7, 11) is 0. The average molecular weight is 293 g/mol. The van der Waals surface area contributed by atoms with Gasteiger partial charge in [0.15, 0.2) is 0 Å². The monoisotopic (exact) mass is 292 g/mol. The summed E-state index contributed by atoms with van der Waals surface area (Å²) in [6.07, 6.45) is 2.08. The molecule has 1 atom stereocenters. The third-order valence-corrected chi connectivity index (χ3v) is 3.81. The molecule has 0 aliphatic heterocycles. The summed E-state index contributed by atoms with van der Waals surface area (Å²) in [5.41, 5.74) is -0.806. The van der Waals surface area contributed by atoms with Crippen molar-refractivity contribution in [2.75, 3.05) is 6.54 Å². The number of rotatable bonds is 5. The van der Waals surface area contributed by atoms with Gasteiger partial charge in [0.25, 0.3) is 0 Å². The molecule has 1 aromatic rings. The second-order valence-corrected chi connectivity index (χ2v) is 5.58. The highest BCUT2D eigenvalue weighted by Gasteiger charge is 2.44. The SMILES string of the molecule is C[C@@H](CNC(=O)C1(C#N)CCC1)Oc1ccc(Cl)cc1. The number of hydrogen-bond acceptors (Lipinski definition) is 3. The third kappa shape index (κ3) is 3.23. The smallest absolute Gasteiger partial charge is 0.240 e. The first-order valence-electron chi connectivity index (χ1n) is 6.67. The van der Waals surface area contributed by atoms with Crippen LogP contribution in [0.4, 0.5) is 0 Å². The highest BCUT2D eigenvalue weighted by atomic mass is 35.5. The van der Waals surface area contributed by atoms with Crippen LogP contribution < -0.4 is 10.1 Å². The number of benzene rings is 1. The lowest BCUT2D eigenvalue weighted by molar-refractivity contribution is -0.132. The molecule has 1 saturated carbocycles. The number of nitriles is 1. The van der Waals surface area contributed by atoms with Crippen molar-refractivity contribution in [2.45, 2.75) is 32.3 Å². The Hall–Kier alpha value is -1.73. The Kier molecular flexibility index (Phi) is 4.51. The van der Waals surface area contributed by atoms with E-state index in [1.807, 2.05) is 6.92 Å². The highest BCUT2D eigenvalue weighted by molar-refractivity contribution is 6.30. The molecule has 5 heteroatoms. The van der Waals surface area contributed by atoms with Gasteiger partial charge in [-0.05, 0) is 50.5 Å². The minimum atomic E-state index is -0.806. The maximum absolute atomic E-state index is 12.0. The lowest BCUT2D eigenvalue weighted by Gasteiger charge is -2.33. The molecule has 0 aromatic heterocycles. The Labute approximate surface area is 123 Å². The molecule has 20 heavy (non-hydrogen) atoms. The largest absolute Gasteiger partial charge is 0.489 e. The molecule has 1 amide bonds. The van der Waals surface area contributed by atoms with Gasteiger partial charge in [0, 0.05) is 5.02 Å². The van der Waals surface area contributed by atoms with Crippen LogP contribution in [0.25, 0.3) is 0 Å². The third-order valence-electron chi connectivity index (χ3n) is 3.56. The van der Waals surface area contributed by atoms with Gasteiger partial charge >= 0.3 is 0 Å². The predicted octanol–water partition coefficient (Wildman–Crippen LogP) is 2.92. The van der Waals surface area contributed by atoms with Crippen molar-refractivity contribution in [3.8, 4) is 11.8 Å². The summed E-state index contributed by atoms with van der Waals surface area (Å²) in [6, 6.07) is 9.19. The van der Waals surface area contributed by atoms with E-state index in [2.05, 4.69) is 11.4 Å². The first-order valence-corrected chi connectivity index (χ1v) is 7.05. The van der Waals surface area contributed by atoms with Gasteiger partial charge in [0.2, 0.25) is 5.91 Å². The Morgan fingerprint density at radius 2 is 2.15 bits per heavy atom. The first kappa shape index (κ1) is 14.7. The number of halogens is 1. The number of carbonyl (C=O) groups excluding carboxylic acids is 1. The van der Waals surface area contributed by atoms with Crippen molar-refractivity contribution >= 4 is 17.5 Å². The lowest BCUT2D eigenvalue weighted by atomic mass is 9.69. The van der Waals surface area contributed by atoms with Crippen molar-refractivity contribution in [1.82, 2.24) is 5.32 Å². The van der Waals surface area contributed by atoms with Crippen LogP contribution in [0.15, 0.2) is 24.3 Å². The number of carbonyl (C=O) groups is 1. The standard InChI is InChI=1S/C15H17ClN2O2/c1-11(20-13-5-3-12(16)4-6-13)9-18-14(19)15(10-17)7-2-8-15/h3-6,11H,2,7-9H2,1H3,(H,18,19)/t11-/m0/s1. The van der Waals surface area contributed by atoms with Crippen LogP contribution in [0.3, 0.4) is 0 Å². The van der Waals surface area contributed by atoms with Crippen LogP contribution in [-0.4, -0.2) is 18.6 Å². The molecule has 106 valence electrons. The molecule has 1 N–H and O–H groups in total. The molecule has 2 rings (SSSR count). The molecule has 0 bridgehead atoms. The fraction of sp³-hybridized carbons (Fsp3) is 0.467. The number of ether oxygens (including phenoxy) is 1. The van der Waals surface area contributed by atoms with Gasteiger partial charge in [-0.25, -0.2) is 0 Å². The molecule has 0 heterocycles. The van der Waals surface area contributed by atoms with Crippen LogP contribution in [0, 0.1) is 16.7 Å². The van der Waals surface area contributed by atoms with E-state index in [0.29, 0.717) is 30.2 Å². The number of hydrogen-bond donors (Lipinski definition) is 1. The fourth-order valence-electron chi connectivity index (χ4n) is 2.11. The zero-order valence-corrected chi connectivity index (χ0v) is 12.1. The minimum absolute atomic E-state index is 0.170. The Balaban J connectivity index is 1.80. The van der Waals surface area contributed by atoms with Gasteiger partial charge in [-0.1, -0.05) is 11.6 Å². The number of nitrogens with zero attached hydrogens (tertiary/aromatic N) is 1. The van der Waals surface area contributed by atoms with E-state index in [1.165, 1.54) is 0 Å². The first-order chi connectivity index (χ1) is 9.55. The van der Waals surface area contributed by atoms with E-state index in [1.54, 1.807) is 24.3 Å². The molecule has 0 radical (unpaired) electrons. The summed E-state index contributed by atoms with van der Waals surface area (Å²) in [4.78, 5) is 12.0. The molecule has 0 unspecified atom stereocenters. The van der Waals surface area contributed by atoms with Crippen LogP contribution in [0.2, 0.25) is 5.02 Å². The maximum atomic E-state index is 12.0. The Morgan fingerprint density at radius 1 is 1.50 bits per heavy atom. The minimum Gasteiger partial charge on any atom is -0.489 e. The van der Waals surface area contributed by atoms with Crippen molar-refractivity contribution < 1.29 is 9.53 Å². The highest BCUT2D eigenvalue weighted by Crippen LogP contribution is 2.40. The van der Waals surface area contributed by atoms with Gasteiger partial charge in [-0.3, -0.25) is 4.79 Å². The molecule has 0 spiro atoms. The van der Waals surface area contributed by atoms with Crippen LogP contribution >= 0.6 is 11.6 Å². The van der Waals surface area contributed by atoms with Crippen LogP contribution in [0.5, 0.6) is 5.75 Å². The van der Waals surface area contributed by atoms with E-state index < -0.39 is 5.41 Å². The van der Waals surface area contributed by atoms with E-state index in [-0.39, 0.29) is 12.0 Å². The maximum Gasteiger partial charge on any atom is 0.240 e. The molecular weight excluding hydrogens is 276 g/mol. The Bertz CT molecular complexity index is 518. The second-order valence-electron chi connectivity index (χ2n) is 5.14. The molecule has 4 nitrogen and oxygen atoms in total. The fourth-order valence-corrected chi connectivity index (χ4v) is 2.24. The quantitative estimate of drug-likeness (QED) is 0.907. The van der Waals surface area contributed by atoms with Crippen LogP contribution in [0.1, 0.15) is 26.2 Å². The topological polar surface area (TPSA) is 62.1 Å². The van der Waals surface area contributed by atoms with Gasteiger partial charge in [-0.2, -0.15) is 5.26 Å². The number of nitrogens with one attached hydrogen (secondary N) is 1. The van der Waals surface area contributed by atoms with Gasteiger partial charge in [0.1, 0.15) is 17.3 Å². The summed E-state index contributed by atoms with van der Waals surface area (Å²) in [6.45, 7) is 2.25. The molecule has 1 aliphatic carbocycles. The summed E-state index contributed by atoms with van der Waals surface area (Å²) in [5, 5.41) is 12.5. The average Bonchev–Trinajstić information content (AvgIpc) is 2.38. The molecule has 1 fully saturated rings. The van der Waals surface area contributed by atoms with E-state index in [4.69, 9.17) is 21.6 Å². The molecule has 0 saturated heterocycles. The van der Waals surface area contributed by atoms with Crippen molar-refractivity contribution in [1.29, 1.82) is 5.26 Å². The molecule has 1 aliphatic rings. The van der Waals surface area contributed by atoms with Crippen molar-refractivity contribution in [3.05, 3.63) is 29.3 Å². The van der Waals surface area contributed by atoms with Crippen LogP contribution in [-0.2, 0) is 4.79 Å². The van der Waals surface area contributed by atoms with Crippen molar-refractivity contribution in [3.63, 3.8) is 0 Å². The molecular formula is C15H17ClN2O2. The predicted molar refractivity (Wildman–Crippen MR) is 76.4 cm³/mol. The van der Waals surface area contributed by atoms with Gasteiger partial charge in [0.05, 0.1) is 12.6 Å². The van der Waals surface area contributed by atoms with Gasteiger partial charge < -0.3 is 10.1 Å². The Morgan fingerprint density at radius 3 is 2.65 bits per heavy atom. The van der Waals surface area contributed by atoms with E-state index >= 15 is 0 Å². The lowest BCUT2D eigenvalue weighted by Crippen LogP contribution is -2.47. The second kappa shape index (κ2) is 6.15. The molecule has 1 aromatic carbocycles. The van der Waals surface area contributed by atoms with Crippen molar-refractivity contribution in [2.24, 2.45) is 5.41 Å². The summed E-state index contributed by atoms with van der Waals surface area (Å²) in [5.74, 6) is 0.521. The normalized spacial score (nSPS) is 17.4. The number of amides is 1.